The Kier molecular flexibility index (Phi) is 4.85. The average molecular weight is 400 g/mol. The number of para-hydroxylation sites is 1. The maximum atomic E-state index is 12.3. The lowest BCUT2D eigenvalue weighted by molar-refractivity contribution is 0.0938. The molecular formula is C20H18ClN3O2S. The number of benzene rings is 1. The molecule has 4 rings (SSSR count). The van der Waals surface area contributed by atoms with E-state index in [1.807, 2.05) is 38.1 Å². The van der Waals surface area contributed by atoms with Crippen molar-refractivity contribution in [1.29, 1.82) is 0 Å². The maximum Gasteiger partial charge on any atom is 0.263 e. The van der Waals surface area contributed by atoms with Crippen molar-refractivity contribution in [2.45, 2.75) is 26.4 Å². The number of rotatable bonds is 4. The van der Waals surface area contributed by atoms with Gasteiger partial charge in [-0.15, -0.1) is 11.3 Å². The summed E-state index contributed by atoms with van der Waals surface area (Å²) in [6.45, 7) is 4.32. The van der Waals surface area contributed by atoms with Gasteiger partial charge >= 0.3 is 0 Å². The number of halogens is 1. The standard InChI is InChI=1S/C20H18ClN3O2S/c1-11-8-12(2)24-19(23-11)15-5-3-4-13-9-14(26-17(13)15)10-22-20(25)18-16(21)6-7-27-18/h3-8,14H,9-10H2,1-2H3,(H,22,25)/t14-/m1/s1. The summed E-state index contributed by atoms with van der Waals surface area (Å²) in [6, 6.07) is 9.67. The molecule has 1 amide bonds. The van der Waals surface area contributed by atoms with Gasteiger partial charge in [0.1, 0.15) is 16.7 Å². The molecule has 0 bridgehead atoms. The second kappa shape index (κ2) is 7.29. The highest BCUT2D eigenvalue weighted by Crippen LogP contribution is 2.37. The first-order chi connectivity index (χ1) is 13.0. The van der Waals surface area contributed by atoms with Crippen molar-refractivity contribution in [3.63, 3.8) is 0 Å². The average Bonchev–Trinajstić information content (AvgIpc) is 3.24. The van der Waals surface area contributed by atoms with E-state index in [4.69, 9.17) is 16.3 Å². The smallest absolute Gasteiger partial charge is 0.263 e. The SMILES string of the molecule is Cc1cc(C)nc(-c2cccc3c2O[C@@H](CNC(=O)c2sccc2Cl)C3)n1. The third-order valence-electron chi connectivity index (χ3n) is 4.37. The van der Waals surface area contributed by atoms with Gasteiger partial charge in [0.2, 0.25) is 0 Å². The van der Waals surface area contributed by atoms with E-state index in [1.165, 1.54) is 11.3 Å². The second-order valence-electron chi connectivity index (χ2n) is 6.52. The first-order valence-electron chi connectivity index (χ1n) is 8.63. The number of hydrogen-bond donors (Lipinski definition) is 1. The van der Waals surface area contributed by atoms with Crippen LogP contribution >= 0.6 is 22.9 Å². The van der Waals surface area contributed by atoms with Crippen LogP contribution in [0.15, 0.2) is 35.7 Å². The molecule has 138 valence electrons. The number of ether oxygens (including phenoxy) is 1. The Bertz CT molecular complexity index is 998. The van der Waals surface area contributed by atoms with Crippen LogP contribution in [-0.4, -0.2) is 28.5 Å². The molecule has 1 aliphatic rings. The maximum absolute atomic E-state index is 12.3. The van der Waals surface area contributed by atoms with Crippen LogP contribution in [0.3, 0.4) is 0 Å². The van der Waals surface area contributed by atoms with Crippen molar-refractivity contribution >= 4 is 28.8 Å². The summed E-state index contributed by atoms with van der Waals surface area (Å²) in [4.78, 5) is 21.9. The van der Waals surface area contributed by atoms with Crippen LogP contribution in [-0.2, 0) is 6.42 Å². The fraction of sp³-hybridized carbons (Fsp3) is 0.250. The number of amides is 1. The van der Waals surface area contributed by atoms with E-state index in [-0.39, 0.29) is 12.0 Å². The molecule has 0 fully saturated rings. The third-order valence-corrected chi connectivity index (χ3v) is 5.71. The van der Waals surface area contributed by atoms with Gasteiger partial charge in [-0.2, -0.15) is 0 Å². The fourth-order valence-electron chi connectivity index (χ4n) is 3.22. The molecule has 0 aliphatic carbocycles. The number of nitrogens with zero attached hydrogens (tertiary/aromatic N) is 2. The second-order valence-corrected chi connectivity index (χ2v) is 7.84. The Morgan fingerprint density at radius 2 is 2.07 bits per heavy atom. The molecule has 0 radical (unpaired) electrons. The van der Waals surface area contributed by atoms with Crippen LogP contribution in [0.2, 0.25) is 5.02 Å². The van der Waals surface area contributed by atoms with E-state index in [0.29, 0.717) is 22.3 Å². The Morgan fingerprint density at radius 3 is 2.78 bits per heavy atom. The lowest BCUT2D eigenvalue weighted by Gasteiger charge is -2.13. The molecule has 27 heavy (non-hydrogen) atoms. The molecule has 7 heteroatoms. The largest absolute Gasteiger partial charge is 0.487 e. The summed E-state index contributed by atoms with van der Waals surface area (Å²) in [6.07, 6.45) is 0.599. The molecule has 0 unspecified atom stereocenters. The van der Waals surface area contributed by atoms with Crippen LogP contribution in [0.5, 0.6) is 5.75 Å². The first-order valence-corrected chi connectivity index (χ1v) is 9.89. The monoisotopic (exact) mass is 399 g/mol. The highest BCUT2D eigenvalue weighted by molar-refractivity contribution is 7.12. The Hall–Kier alpha value is -2.44. The number of fused-ring (bicyclic) bond motifs is 1. The molecule has 3 heterocycles. The van der Waals surface area contributed by atoms with Gasteiger partial charge in [-0.3, -0.25) is 4.79 Å². The molecular weight excluding hydrogens is 382 g/mol. The van der Waals surface area contributed by atoms with E-state index < -0.39 is 0 Å². The van der Waals surface area contributed by atoms with Crippen molar-refractivity contribution in [3.05, 3.63) is 62.6 Å². The van der Waals surface area contributed by atoms with Gasteiger partial charge in [-0.1, -0.05) is 23.7 Å². The summed E-state index contributed by atoms with van der Waals surface area (Å²) in [5, 5.41) is 5.19. The number of nitrogens with one attached hydrogen (secondary N) is 1. The van der Waals surface area contributed by atoms with E-state index in [0.717, 1.165) is 34.7 Å². The predicted octanol–water partition coefficient (Wildman–Crippen LogP) is 4.21. The molecule has 0 saturated heterocycles. The minimum absolute atomic E-state index is 0.130. The van der Waals surface area contributed by atoms with Crippen molar-refractivity contribution in [2.24, 2.45) is 0 Å². The fourth-order valence-corrected chi connectivity index (χ4v) is 4.27. The van der Waals surface area contributed by atoms with Crippen LogP contribution in [0.25, 0.3) is 11.4 Å². The molecule has 3 aromatic rings. The summed E-state index contributed by atoms with van der Waals surface area (Å²) in [5.41, 5.74) is 3.83. The molecule has 0 spiro atoms. The highest BCUT2D eigenvalue weighted by Gasteiger charge is 2.27. The van der Waals surface area contributed by atoms with Gasteiger partial charge in [0.15, 0.2) is 5.82 Å². The van der Waals surface area contributed by atoms with Gasteiger partial charge < -0.3 is 10.1 Å². The number of thiophene rings is 1. The van der Waals surface area contributed by atoms with Crippen molar-refractivity contribution in [2.75, 3.05) is 6.54 Å². The lowest BCUT2D eigenvalue weighted by atomic mass is 10.1. The van der Waals surface area contributed by atoms with Crippen LogP contribution < -0.4 is 10.1 Å². The number of carbonyl (C=O) groups excluding carboxylic acids is 1. The molecule has 1 N–H and O–H groups in total. The van der Waals surface area contributed by atoms with Gasteiger partial charge in [-0.05, 0) is 43.0 Å². The topological polar surface area (TPSA) is 64.1 Å². The van der Waals surface area contributed by atoms with Crippen molar-refractivity contribution < 1.29 is 9.53 Å². The molecule has 5 nitrogen and oxygen atoms in total. The summed E-state index contributed by atoms with van der Waals surface area (Å²) < 4.78 is 6.15. The third kappa shape index (κ3) is 3.68. The minimum atomic E-state index is -0.174. The zero-order chi connectivity index (χ0) is 19.0. The zero-order valence-electron chi connectivity index (χ0n) is 15.0. The number of aromatic nitrogens is 2. The Labute approximate surface area is 166 Å². The molecule has 0 saturated carbocycles. The highest BCUT2D eigenvalue weighted by atomic mass is 35.5. The predicted molar refractivity (Wildman–Crippen MR) is 107 cm³/mol. The summed E-state index contributed by atoms with van der Waals surface area (Å²) in [7, 11) is 0. The Balaban J connectivity index is 1.50. The zero-order valence-corrected chi connectivity index (χ0v) is 16.5. The van der Waals surface area contributed by atoms with Crippen molar-refractivity contribution in [3.8, 4) is 17.1 Å². The molecule has 1 aromatic carbocycles. The van der Waals surface area contributed by atoms with E-state index >= 15 is 0 Å². The van der Waals surface area contributed by atoms with Gasteiger partial charge in [-0.25, -0.2) is 9.97 Å². The van der Waals surface area contributed by atoms with Crippen LogP contribution in [0, 0.1) is 13.8 Å². The van der Waals surface area contributed by atoms with E-state index in [9.17, 15) is 4.79 Å². The van der Waals surface area contributed by atoms with Gasteiger partial charge in [0.25, 0.3) is 5.91 Å². The van der Waals surface area contributed by atoms with Gasteiger partial charge in [0, 0.05) is 17.8 Å². The van der Waals surface area contributed by atoms with Crippen LogP contribution in [0.1, 0.15) is 26.6 Å². The quantitative estimate of drug-likeness (QED) is 0.713. The molecule has 1 aliphatic heterocycles. The number of carbonyl (C=O) groups is 1. The lowest BCUT2D eigenvalue weighted by Crippen LogP contribution is -2.34. The Morgan fingerprint density at radius 1 is 1.30 bits per heavy atom. The number of hydrogen-bond acceptors (Lipinski definition) is 5. The normalized spacial score (nSPS) is 15.3. The van der Waals surface area contributed by atoms with Gasteiger partial charge in [0.05, 0.1) is 17.1 Å². The van der Waals surface area contributed by atoms with E-state index in [2.05, 4.69) is 15.3 Å². The van der Waals surface area contributed by atoms with Crippen molar-refractivity contribution in [1.82, 2.24) is 15.3 Å². The number of aryl methyl sites for hydroxylation is 2. The minimum Gasteiger partial charge on any atom is -0.487 e. The van der Waals surface area contributed by atoms with E-state index in [1.54, 1.807) is 11.4 Å². The van der Waals surface area contributed by atoms with Crippen LogP contribution in [0.4, 0.5) is 0 Å². The summed E-state index contributed by atoms with van der Waals surface area (Å²) >= 11 is 7.35. The molecule has 2 aromatic heterocycles. The molecule has 1 atom stereocenters. The first kappa shape index (κ1) is 17.9. The summed E-state index contributed by atoms with van der Waals surface area (Å²) in [5.74, 6) is 1.29.